The van der Waals surface area contributed by atoms with Gasteiger partial charge in [0.1, 0.15) is 0 Å². The number of fused-ring (bicyclic) bond motifs is 2. The van der Waals surface area contributed by atoms with E-state index < -0.39 is 0 Å². The predicted molar refractivity (Wildman–Crippen MR) is 61.3 cm³/mol. The fourth-order valence-electron chi connectivity index (χ4n) is 1.97. The number of benzene rings is 2. The molecule has 0 amide bonds. The van der Waals surface area contributed by atoms with Crippen LogP contribution in [0.2, 0.25) is 0 Å². The highest BCUT2D eigenvalue weighted by Gasteiger charge is 1.98. The van der Waals surface area contributed by atoms with Crippen LogP contribution in [0.5, 0.6) is 0 Å². The molecule has 0 saturated carbocycles. The van der Waals surface area contributed by atoms with Crippen LogP contribution < -0.4 is 10.4 Å². The lowest BCUT2D eigenvalue weighted by Crippen LogP contribution is -2.20. The highest BCUT2D eigenvalue weighted by Crippen LogP contribution is 2.09. The van der Waals surface area contributed by atoms with Gasteiger partial charge in [0.05, 0.1) is 0 Å². The summed E-state index contributed by atoms with van der Waals surface area (Å²) in [5, 5.41) is 5.17. The van der Waals surface area contributed by atoms with E-state index in [2.05, 4.69) is 55.1 Å². The first-order valence-corrected chi connectivity index (χ1v) is 4.74. The van der Waals surface area contributed by atoms with E-state index in [1.165, 1.54) is 21.2 Å². The molecule has 0 fully saturated rings. The van der Waals surface area contributed by atoms with Crippen LogP contribution in [0.4, 0.5) is 0 Å². The summed E-state index contributed by atoms with van der Waals surface area (Å²) in [5.41, 5.74) is 1.09. The van der Waals surface area contributed by atoms with Gasteiger partial charge >= 0.3 is 0 Å². The van der Waals surface area contributed by atoms with Crippen molar-refractivity contribution in [3.8, 4) is 0 Å². The van der Waals surface area contributed by atoms with Gasteiger partial charge in [-0.3, -0.25) is 0 Å². The van der Waals surface area contributed by atoms with Crippen molar-refractivity contribution in [1.29, 1.82) is 0 Å². The van der Waals surface area contributed by atoms with Gasteiger partial charge in [0.25, 0.3) is 0 Å². The molecular weight excluding hydrogens is 168 g/mol. The van der Waals surface area contributed by atoms with Gasteiger partial charge in [0.2, 0.25) is 0 Å². The molecule has 0 bridgehead atoms. The molecule has 0 heteroatoms. The molecule has 0 nitrogen and oxygen atoms in total. The van der Waals surface area contributed by atoms with E-state index in [4.69, 9.17) is 0 Å². The van der Waals surface area contributed by atoms with Crippen LogP contribution in [-0.2, 0) is 0 Å². The maximum Gasteiger partial charge on any atom is -0.0172 e. The largest absolute Gasteiger partial charge is 0.0917 e. The molecule has 0 N–H and O–H groups in total. The first-order chi connectivity index (χ1) is 6.83. The number of hydrogen-bond donors (Lipinski definition) is 0. The van der Waals surface area contributed by atoms with E-state index >= 15 is 0 Å². The van der Waals surface area contributed by atoms with Crippen molar-refractivity contribution >= 4 is 22.9 Å². The van der Waals surface area contributed by atoms with Crippen molar-refractivity contribution in [2.75, 3.05) is 0 Å². The molecule has 0 spiro atoms. The highest BCUT2D eigenvalue weighted by atomic mass is 14.0. The van der Waals surface area contributed by atoms with Crippen LogP contribution in [0.25, 0.3) is 22.9 Å². The summed E-state index contributed by atoms with van der Waals surface area (Å²) >= 11 is 0. The van der Waals surface area contributed by atoms with E-state index in [9.17, 15) is 0 Å². The molecule has 2 aromatic carbocycles. The predicted octanol–water partition coefficient (Wildman–Crippen LogP) is 1.97. The van der Waals surface area contributed by atoms with Crippen LogP contribution in [0.1, 0.15) is 0 Å². The smallest absolute Gasteiger partial charge is 0.0172 e. The van der Waals surface area contributed by atoms with Gasteiger partial charge in [-0.2, -0.15) is 0 Å². The average Bonchev–Trinajstić information content (AvgIpc) is 2.53. The molecule has 0 aliphatic heterocycles. The second-order valence-corrected chi connectivity index (χ2v) is 3.69. The van der Waals surface area contributed by atoms with Gasteiger partial charge in [0.15, 0.2) is 0 Å². The van der Waals surface area contributed by atoms with E-state index in [-0.39, 0.29) is 0 Å². The summed E-state index contributed by atoms with van der Waals surface area (Å²) in [6, 6.07) is 12.9. The van der Waals surface area contributed by atoms with Crippen LogP contribution in [-0.4, -0.2) is 0 Å². The normalized spacial score (nSPS) is 13.6. The zero-order valence-corrected chi connectivity index (χ0v) is 7.83. The molecule has 0 radical (unpaired) electrons. The summed E-state index contributed by atoms with van der Waals surface area (Å²) in [6.07, 6.45) is 4.25. The first kappa shape index (κ1) is 7.57. The zero-order chi connectivity index (χ0) is 9.54. The Hall–Kier alpha value is -1.82. The van der Waals surface area contributed by atoms with Crippen LogP contribution >= 0.6 is 0 Å². The fourth-order valence-corrected chi connectivity index (χ4v) is 1.97. The second kappa shape index (κ2) is 2.58. The van der Waals surface area contributed by atoms with Gasteiger partial charge in [-0.05, 0) is 51.1 Å². The van der Waals surface area contributed by atoms with Crippen molar-refractivity contribution < 1.29 is 0 Å². The lowest BCUT2D eigenvalue weighted by atomic mass is 10.1. The van der Waals surface area contributed by atoms with Crippen molar-refractivity contribution in [3.63, 3.8) is 0 Å². The monoisotopic (exact) mass is 178 g/mol. The minimum absolute atomic E-state index is 1.09. The number of hydrogen-bond acceptors (Lipinski definition) is 0. The Labute approximate surface area is 82.5 Å². The summed E-state index contributed by atoms with van der Waals surface area (Å²) in [5.74, 6) is 0. The van der Waals surface area contributed by atoms with Crippen molar-refractivity contribution in [2.24, 2.45) is 0 Å². The van der Waals surface area contributed by atoms with Gasteiger partial charge in [-0.15, -0.1) is 0 Å². The standard InChI is InChI=1S/C14H10/c1-10-6-13-8-11-4-2-3-5-12(11)9-14(13)7-10/h2-9H,1H2. The van der Waals surface area contributed by atoms with Crippen LogP contribution in [0, 0.1) is 0 Å². The summed E-state index contributed by atoms with van der Waals surface area (Å²) < 4.78 is 0. The van der Waals surface area contributed by atoms with E-state index in [1.54, 1.807) is 0 Å². The Morgan fingerprint density at radius 2 is 1.29 bits per heavy atom. The third-order valence-corrected chi connectivity index (χ3v) is 2.63. The van der Waals surface area contributed by atoms with Crippen molar-refractivity contribution in [2.45, 2.75) is 0 Å². The third-order valence-electron chi connectivity index (χ3n) is 2.63. The van der Waals surface area contributed by atoms with Gasteiger partial charge in [-0.1, -0.05) is 30.8 Å². The quantitative estimate of drug-likeness (QED) is 0.578. The van der Waals surface area contributed by atoms with E-state index in [0.717, 1.165) is 5.57 Å². The minimum atomic E-state index is 1.09. The Morgan fingerprint density at radius 3 is 1.79 bits per heavy atom. The van der Waals surface area contributed by atoms with Crippen LogP contribution in [0.3, 0.4) is 0 Å². The molecule has 0 saturated heterocycles. The topological polar surface area (TPSA) is 0 Å². The Kier molecular flexibility index (Phi) is 1.40. The average molecular weight is 178 g/mol. The molecule has 2 aromatic rings. The van der Waals surface area contributed by atoms with Crippen molar-refractivity contribution in [3.05, 3.63) is 59.0 Å². The molecule has 3 rings (SSSR count). The lowest BCUT2D eigenvalue weighted by Gasteiger charge is -1.95. The molecule has 1 aliphatic carbocycles. The Bertz CT molecular complexity index is 589. The molecule has 0 unspecified atom stereocenters. The Morgan fingerprint density at radius 1 is 0.786 bits per heavy atom. The summed E-state index contributed by atoms with van der Waals surface area (Å²) in [6.45, 7) is 3.95. The Balaban J connectivity index is 2.56. The van der Waals surface area contributed by atoms with Gasteiger partial charge in [-0.25, -0.2) is 0 Å². The maximum absolute atomic E-state index is 3.95. The molecule has 0 aromatic heterocycles. The second-order valence-electron chi connectivity index (χ2n) is 3.69. The molecule has 66 valence electrons. The zero-order valence-electron chi connectivity index (χ0n) is 7.83. The molecule has 0 heterocycles. The highest BCUT2D eigenvalue weighted by molar-refractivity contribution is 5.85. The molecule has 14 heavy (non-hydrogen) atoms. The lowest BCUT2D eigenvalue weighted by molar-refractivity contribution is 1.60. The van der Waals surface area contributed by atoms with E-state index in [1.807, 2.05) is 0 Å². The maximum atomic E-state index is 3.95. The molecule has 1 aliphatic rings. The van der Waals surface area contributed by atoms with Gasteiger partial charge < -0.3 is 0 Å². The van der Waals surface area contributed by atoms with Crippen molar-refractivity contribution in [1.82, 2.24) is 0 Å². The van der Waals surface area contributed by atoms with Crippen LogP contribution in [0.15, 0.2) is 48.6 Å². The molecular formula is C14H10. The first-order valence-electron chi connectivity index (χ1n) is 4.74. The summed E-state index contributed by atoms with van der Waals surface area (Å²) in [4.78, 5) is 0. The SMILES string of the molecule is C=C1C=c2cc3ccccc3cc2=C1. The van der Waals surface area contributed by atoms with Gasteiger partial charge in [0, 0.05) is 0 Å². The molecule has 0 atom stereocenters. The summed E-state index contributed by atoms with van der Waals surface area (Å²) in [7, 11) is 0. The number of allylic oxidation sites excluding steroid dienone is 1. The van der Waals surface area contributed by atoms with E-state index in [0.29, 0.717) is 0 Å². The minimum Gasteiger partial charge on any atom is -0.0917 e. The fraction of sp³-hybridized carbons (Fsp3) is 0. The third kappa shape index (κ3) is 1.01. The number of rotatable bonds is 0.